The Balaban J connectivity index is 1.82. The number of ketones is 1. The topological polar surface area (TPSA) is 84.5 Å². The second kappa shape index (κ2) is 7.67. The number of amides is 1. The van der Waals surface area contributed by atoms with Crippen LogP contribution in [0.2, 0.25) is 0 Å². The Bertz CT molecular complexity index is 912. The molecular formula is C20H19FN2O4. The third-order valence-electron chi connectivity index (χ3n) is 4.51. The van der Waals surface area contributed by atoms with Gasteiger partial charge in [0, 0.05) is 12.5 Å². The fourth-order valence-corrected chi connectivity index (χ4v) is 3.15. The molecule has 0 heterocycles. The molecule has 140 valence electrons. The first-order valence-corrected chi connectivity index (χ1v) is 8.54. The zero-order chi connectivity index (χ0) is 19.6. The Morgan fingerprint density at radius 3 is 2.59 bits per heavy atom. The van der Waals surface area contributed by atoms with Gasteiger partial charge in [0.15, 0.2) is 5.78 Å². The van der Waals surface area contributed by atoms with E-state index in [1.165, 1.54) is 6.92 Å². The lowest BCUT2D eigenvalue weighted by molar-refractivity contribution is -0.114. The van der Waals surface area contributed by atoms with E-state index in [1.54, 1.807) is 37.3 Å². The number of hydroxylamine groups is 1. The van der Waals surface area contributed by atoms with Gasteiger partial charge in [0.05, 0.1) is 11.3 Å². The van der Waals surface area contributed by atoms with Crippen LogP contribution in [-0.2, 0) is 16.1 Å². The maximum absolute atomic E-state index is 14.1. The maximum atomic E-state index is 14.1. The molecule has 1 aliphatic carbocycles. The average Bonchev–Trinajstić information content (AvgIpc) is 2.65. The summed E-state index contributed by atoms with van der Waals surface area (Å²) in [5.74, 6) is -1.85. The molecule has 0 spiro atoms. The van der Waals surface area contributed by atoms with Gasteiger partial charge < -0.3 is 10.2 Å². The number of halogens is 1. The van der Waals surface area contributed by atoms with Crippen LogP contribution < -0.4 is 10.8 Å². The molecule has 0 saturated heterocycles. The predicted octanol–water partition coefficient (Wildman–Crippen LogP) is 2.95. The quantitative estimate of drug-likeness (QED) is 0.809. The van der Waals surface area contributed by atoms with E-state index in [2.05, 4.69) is 10.8 Å². The molecule has 0 saturated carbocycles. The van der Waals surface area contributed by atoms with Crippen LogP contribution in [0, 0.1) is 12.7 Å². The number of carbonyl (C=O) groups excluding carboxylic acids is 3. The van der Waals surface area contributed by atoms with Gasteiger partial charge in [-0.1, -0.05) is 18.2 Å². The van der Waals surface area contributed by atoms with E-state index in [0.717, 1.165) is 6.07 Å². The number of rotatable bonds is 4. The molecule has 27 heavy (non-hydrogen) atoms. The summed E-state index contributed by atoms with van der Waals surface area (Å²) in [6.45, 7) is 2.89. The van der Waals surface area contributed by atoms with Crippen molar-refractivity contribution in [3.8, 4) is 0 Å². The molecule has 1 amide bonds. The van der Waals surface area contributed by atoms with E-state index in [0.29, 0.717) is 29.5 Å². The highest BCUT2D eigenvalue weighted by atomic mass is 19.1. The van der Waals surface area contributed by atoms with Crippen molar-refractivity contribution in [2.24, 2.45) is 0 Å². The molecular weight excluding hydrogens is 351 g/mol. The first-order valence-electron chi connectivity index (χ1n) is 8.54. The summed E-state index contributed by atoms with van der Waals surface area (Å²) in [5, 5.41) is 2.51. The third kappa shape index (κ3) is 3.88. The van der Waals surface area contributed by atoms with Crippen molar-refractivity contribution in [3.63, 3.8) is 0 Å². The van der Waals surface area contributed by atoms with Crippen LogP contribution in [0.15, 0.2) is 36.4 Å². The summed E-state index contributed by atoms with van der Waals surface area (Å²) >= 11 is 0. The Morgan fingerprint density at radius 1 is 1.22 bits per heavy atom. The minimum absolute atomic E-state index is 0.131. The summed E-state index contributed by atoms with van der Waals surface area (Å²) < 4.78 is 14.1. The number of Topliss-reactive ketones (excluding diaryl/α,β-unsaturated/α-hetero) is 1. The lowest BCUT2D eigenvalue weighted by atomic mass is 9.83. The number of nitrogens with one attached hydrogen (secondary N) is 2. The largest absolute Gasteiger partial charge is 0.366 e. The smallest absolute Gasteiger partial charge is 0.356 e. The van der Waals surface area contributed by atoms with Gasteiger partial charge in [0.25, 0.3) is 0 Å². The van der Waals surface area contributed by atoms with Gasteiger partial charge in [-0.2, -0.15) is 0 Å². The number of benzene rings is 2. The van der Waals surface area contributed by atoms with Crippen molar-refractivity contribution in [2.75, 3.05) is 5.32 Å². The number of hydrogen-bond donors (Lipinski definition) is 2. The highest BCUT2D eigenvalue weighted by molar-refractivity contribution is 6.09. The molecule has 3 rings (SSSR count). The van der Waals surface area contributed by atoms with E-state index < -0.39 is 23.7 Å². The minimum atomic E-state index is -0.775. The highest BCUT2D eigenvalue weighted by Crippen LogP contribution is 2.32. The summed E-state index contributed by atoms with van der Waals surface area (Å²) in [4.78, 5) is 41.4. The Morgan fingerprint density at radius 2 is 1.93 bits per heavy atom. The van der Waals surface area contributed by atoms with Crippen LogP contribution in [0.25, 0.3) is 0 Å². The van der Waals surface area contributed by atoms with Crippen molar-refractivity contribution in [3.05, 3.63) is 64.5 Å². The lowest BCUT2D eigenvalue weighted by Crippen LogP contribution is -2.42. The van der Waals surface area contributed by atoms with Crippen LogP contribution in [0.3, 0.4) is 0 Å². The van der Waals surface area contributed by atoms with Gasteiger partial charge in [0.1, 0.15) is 11.9 Å². The van der Waals surface area contributed by atoms with Crippen LogP contribution in [0.4, 0.5) is 10.1 Å². The van der Waals surface area contributed by atoms with Gasteiger partial charge in [-0.25, -0.2) is 9.18 Å². The monoisotopic (exact) mass is 370 g/mol. The zero-order valence-corrected chi connectivity index (χ0v) is 15.0. The van der Waals surface area contributed by atoms with E-state index in [-0.39, 0.29) is 17.0 Å². The predicted molar refractivity (Wildman–Crippen MR) is 96.9 cm³/mol. The van der Waals surface area contributed by atoms with Crippen molar-refractivity contribution in [2.45, 2.75) is 32.7 Å². The zero-order valence-electron chi connectivity index (χ0n) is 15.0. The maximum Gasteiger partial charge on any atom is 0.356 e. The van der Waals surface area contributed by atoms with Crippen molar-refractivity contribution >= 4 is 23.3 Å². The van der Waals surface area contributed by atoms with Crippen LogP contribution in [0.1, 0.15) is 45.2 Å². The van der Waals surface area contributed by atoms with Crippen molar-refractivity contribution < 1.29 is 23.6 Å². The van der Waals surface area contributed by atoms with Crippen LogP contribution in [0.5, 0.6) is 0 Å². The minimum Gasteiger partial charge on any atom is -0.366 e. The normalized spacial score (nSPS) is 15.8. The molecule has 6 nitrogen and oxygen atoms in total. The number of hydrogen-bond acceptors (Lipinski definition) is 5. The molecule has 0 radical (unpaired) electrons. The van der Waals surface area contributed by atoms with Gasteiger partial charge in [-0.3, -0.25) is 9.59 Å². The Kier molecular flexibility index (Phi) is 5.32. The molecule has 0 bridgehead atoms. The number of fused-ring (bicyclic) bond motifs is 1. The summed E-state index contributed by atoms with van der Waals surface area (Å²) in [6.07, 6.45) is 0.759. The molecule has 2 aromatic carbocycles. The van der Waals surface area contributed by atoms with E-state index in [4.69, 9.17) is 4.84 Å². The molecule has 0 fully saturated rings. The highest BCUT2D eigenvalue weighted by Gasteiger charge is 2.33. The SMILES string of the molecule is CC(=O)Nc1cc(F)c(C)c2c1C(=O)[C@@H](NOC(=O)c1ccccc1)CC2. The number of carbonyl (C=O) groups is 3. The fraction of sp³-hybridized carbons (Fsp3) is 0.250. The molecule has 2 aromatic rings. The molecule has 2 N–H and O–H groups in total. The van der Waals surface area contributed by atoms with E-state index >= 15 is 0 Å². The fourth-order valence-electron chi connectivity index (χ4n) is 3.15. The van der Waals surface area contributed by atoms with Gasteiger partial charge >= 0.3 is 5.97 Å². The molecule has 1 atom stereocenters. The Hall–Kier alpha value is -3.06. The molecule has 0 unspecified atom stereocenters. The molecule has 0 aliphatic heterocycles. The summed E-state index contributed by atoms with van der Waals surface area (Å²) in [6, 6.07) is 8.75. The average molecular weight is 370 g/mol. The van der Waals surface area contributed by atoms with E-state index in [9.17, 15) is 18.8 Å². The van der Waals surface area contributed by atoms with E-state index in [1.807, 2.05) is 0 Å². The van der Waals surface area contributed by atoms with Crippen molar-refractivity contribution in [1.82, 2.24) is 5.48 Å². The first-order chi connectivity index (χ1) is 12.9. The Labute approximate surface area is 155 Å². The number of anilines is 1. The summed E-state index contributed by atoms with van der Waals surface area (Å²) in [7, 11) is 0. The van der Waals surface area contributed by atoms with Crippen molar-refractivity contribution in [1.29, 1.82) is 0 Å². The van der Waals surface area contributed by atoms with Gasteiger partial charge in [-0.15, -0.1) is 5.48 Å². The van der Waals surface area contributed by atoms with Crippen LogP contribution >= 0.6 is 0 Å². The third-order valence-corrected chi connectivity index (χ3v) is 4.51. The second-order valence-electron chi connectivity index (χ2n) is 6.39. The van der Waals surface area contributed by atoms with Gasteiger partial charge in [0.2, 0.25) is 5.91 Å². The standard InChI is InChI=1S/C20H19FN2O4/c1-11-14-8-9-16(23-27-20(26)13-6-4-3-5-7-13)19(25)18(14)17(10-15(11)21)22-12(2)24/h3-7,10,16,23H,8-9H2,1-2H3,(H,22,24)/t16-/m0/s1. The van der Waals surface area contributed by atoms with Gasteiger partial charge in [-0.05, 0) is 49.1 Å². The molecule has 1 aliphatic rings. The second-order valence-corrected chi connectivity index (χ2v) is 6.39. The lowest BCUT2D eigenvalue weighted by Gasteiger charge is -2.27. The molecule has 0 aromatic heterocycles. The van der Waals surface area contributed by atoms with Crippen LogP contribution in [-0.4, -0.2) is 23.7 Å². The summed E-state index contributed by atoms with van der Waals surface area (Å²) in [5.41, 5.74) is 4.20. The molecule has 7 heteroatoms. The first kappa shape index (κ1) is 18.7.